The normalized spacial score (nSPS) is 20.4. The van der Waals surface area contributed by atoms with Gasteiger partial charge in [0, 0.05) is 26.2 Å². The predicted octanol–water partition coefficient (Wildman–Crippen LogP) is 0.878. The molecule has 0 N–H and O–H groups in total. The van der Waals surface area contributed by atoms with E-state index in [4.69, 9.17) is 4.74 Å². The minimum atomic E-state index is -3.09. The van der Waals surface area contributed by atoms with Crippen LogP contribution in [0.15, 0.2) is 12.4 Å². The molecule has 8 heteroatoms. The van der Waals surface area contributed by atoms with E-state index in [2.05, 4.69) is 14.9 Å². The van der Waals surface area contributed by atoms with E-state index >= 15 is 0 Å². The van der Waals surface area contributed by atoms with Crippen LogP contribution in [0.2, 0.25) is 0 Å². The first-order chi connectivity index (χ1) is 10.5. The summed E-state index contributed by atoms with van der Waals surface area (Å²) in [5.74, 6) is 1.31. The molecule has 3 rings (SSSR count). The lowest BCUT2D eigenvalue weighted by Crippen LogP contribution is -2.46. The quantitative estimate of drug-likeness (QED) is 0.799. The van der Waals surface area contributed by atoms with Gasteiger partial charge in [0.1, 0.15) is 0 Å². The highest BCUT2D eigenvalue weighted by Crippen LogP contribution is 2.33. The molecule has 0 spiro atoms. The van der Waals surface area contributed by atoms with Crippen LogP contribution in [0.1, 0.15) is 25.7 Å². The first kappa shape index (κ1) is 15.5. The maximum Gasteiger partial charge on any atom is 0.225 e. The Kier molecular flexibility index (Phi) is 4.22. The molecule has 122 valence electrons. The molecule has 0 unspecified atom stereocenters. The van der Waals surface area contributed by atoms with Gasteiger partial charge in [0.05, 0.1) is 24.8 Å². The van der Waals surface area contributed by atoms with E-state index in [9.17, 15) is 8.42 Å². The van der Waals surface area contributed by atoms with E-state index in [1.807, 2.05) is 0 Å². The van der Waals surface area contributed by atoms with Crippen LogP contribution >= 0.6 is 0 Å². The minimum Gasteiger partial charge on any atom is -0.494 e. The van der Waals surface area contributed by atoms with Crippen LogP contribution < -0.4 is 9.64 Å². The van der Waals surface area contributed by atoms with Crippen molar-refractivity contribution in [3.8, 4) is 5.75 Å². The summed E-state index contributed by atoms with van der Waals surface area (Å²) >= 11 is 0. The molecule has 2 aliphatic rings. The highest BCUT2D eigenvalue weighted by molar-refractivity contribution is 7.90. The number of sulfonamides is 1. The molecule has 0 atom stereocenters. The third-order valence-electron chi connectivity index (χ3n) is 4.46. The second kappa shape index (κ2) is 6.00. The lowest BCUT2D eigenvalue weighted by Gasteiger charge is -2.36. The van der Waals surface area contributed by atoms with Crippen molar-refractivity contribution in [2.45, 2.75) is 37.0 Å². The number of anilines is 1. The second-order valence-electron chi connectivity index (χ2n) is 5.90. The van der Waals surface area contributed by atoms with Crippen molar-refractivity contribution >= 4 is 16.0 Å². The van der Waals surface area contributed by atoms with Crippen molar-refractivity contribution < 1.29 is 13.2 Å². The van der Waals surface area contributed by atoms with Crippen LogP contribution in [0.3, 0.4) is 0 Å². The summed E-state index contributed by atoms with van der Waals surface area (Å²) in [7, 11) is 0.214. The summed E-state index contributed by atoms with van der Waals surface area (Å²) in [5.41, 5.74) is 0. The largest absolute Gasteiger partial charge is 0.494 e. The summed E-state index contributed by atoms with van der Waals surface area (Å²) in [5, 5.41) is -0.138. The van der Waals surface area contributed by atoms with Gasteiger partial charge in [-0.15, -0.1) is 0 Å². The molecule has 1 saturated carbocycles. The summed E-state index contributed by atoms with van der Waals surface area (Å²) in [6.45, 7) is 1.53. The van der Waals surface area contributed by atoms with E-state index in [1.54, 1.807) is 30.9 Å². The van der Waals surface area contributed by atoms with Crippen molar-refractivity contribution in [2.75, 3.05) is 32.1 Å². The van der Waals surface area contributed by atoms with E-state index in [-0.39, 0.29) is 11.3 Å². The number of piperidine rings is 1. The molecular formula is C14H22N4O3S. The maximum absolute atomic E-state index is 12.3. The number of hydrogen-bond donors (Lipinski definition) is 0. The molecule has 1 aliphatic heterocycles. The zero-order valence-electron chi connectivity index (χ0n) is 13.0. The van der Waals surface area contributed by atoms with Gasteiger partial charge in [-0.25, -0.2) is 22.7 Å². The molecule has 0 aromatic carbocycles. The van der Waals surface area contributed by atoms with Gasteiger partial charge in [-0.2, -0.15) is 0 Å². The van der Waals surface area contributed by atoms with Gasteiger partial charge < -0.3 is 9.64 Å². The average Bonchev–Trinajstić information content (AvgIpc) is 3.40. The Morgan fingerprint density at radius 1 is 1.18 bits per heavy atom. The van der Waals surface area contributed by atoms with Crippen LogP contribution in [0.25, 0.3) is 0 Å². The van der Waals surface area contributed by atoms with Crippen molar-refractivity contribution in [1.82, 2.24) is 14.3 Å². The van der Waals surface area contributed by atoms with Crippen molar-refractivity contribution in [3.05, 3.63) is 12.4 Å². The van der Waals surface area contributed by atoms with Gasteiger partial charge in [-0.3, -0.25) is 0 Å². The van der Waals surface area contributed by atoms with E-state index < -0.39 is 10.0 Å². The first-order valence-corrected chi connectivity index (χ1v) is 9.10. The van der Waals surface area contributed by atoms with Crippen LogP contribution in [0.4, 0.5) is 5.95 Å². The van der Waals surface area contributed by atoms with Crippen LogP contribution in [-0.4, -0.2) is 61.2 Å². The van der Waals surface area contributed by atoms with Gasteiger partial charge in [-0.05, 0) is 25.7 Å². The zero-order valence-corrected chi connectivity index (χ0v) is 13.8. The number of nitrogens with zero attached hydrogens (tertiary/aromatic N) is 4. The van der Waals surface area contributed by atoms with Crippen molar-refractivity contribution in [2.24, 2.45) is 0 Å². The molecule has 1 aliphatic carbocycles. The summed E-state index contributed by atoms with van der Waals surface area (Å²) < 4.78 is 31.2. The number of ether oxygens (including phenoxy) is 1. The third kappa shape index (κ3) is 3.03. The lowest BCUT2D eigenvalue weighted by atomic mass is 10.1. The topological polar surface area (TPSA) is 75.6 Å². The average molecular weight is 326 g/mol. The molecule has 2 heterocycles. The monoisotopic (exact) mass is 326 g/mol. The maximum atomic E-state index is 12.3. The molecule has 1 aromatic heterocycles. The Balaban J connectivity index is 1.59. The minimum absolute atomic E-state index is 0.0834. The number of methoxy groups -OCH3 is 1. The predicted molar refractivity (Wildman–Crippen MR) is 83.5 cm³/mol. The molecule has 1 saturated heterocycles. The molecule has 22 heavy (non-hydrogen) atoms. The smallest absolute Gasteiger partial charge is 0.225 e. The first-order valence-electron chi connectivity index (χ1n) is 7.60. The second-order valence-corrected chi connectivity index (χ2v) is 8.17. The Morgan fingerprint density at radius 3 is 2.27 bits per heavy atom. The molecule has 2 fully saturated rings. The summed E-state index contributed by atoms with van der Waals surface area (Å²) in [4.78, 5) is 10.7. The fraction of sp³-hybridized carbons (Fsp3) is 0.714. The molecule has 0 bridgehead atoms. The Labute approximate surface area is 131 Å². The van der Waals surface area contributed by atoms with Crippen LogP contribution in [0.5, 0.6) is 5.75 Å². The third-order valence-corrected chi connectivity index (χ3v) is 6.87. The Hall–Kier alpha value is -1.41. The molecule has 0 amide bonds. The van der Waals surface area contributed by atoms with Crippen molar-refractivity contribution in [3.63, 3.8) is 0 Å². The molecule has 0 radical (unpaired) electrons. The zero-order chi connectivity index (χ0) is 15.7. The van der Waals surface area contributed by atoms with Gasteiger partial charge in [0.15, 0.2) is 5.75 Å². The van der Waals surface area contributed by atoms with Gasteiger partial charge in [0.25, 0.3) is 0 Å². The number of hydrogen-bond acceptors (Lipinski definition) is 6. The fourth-order valence-electron chi connectivity index (χ4n) is 2.82. The number of aromatic nitrogens is 2. The van der Waals surface area contributed by atoms with E-state index in [1.165, 1.54) is 0 Å². The van der Waals surface area contributed by atoms with E-state index in [0.29, 0.717) is 11.7 Å². The lowest BCUT2D eigenvalue weighted by molar-refractivity contribution is 0.310. The van der Waals surface area contributed by atoms with E-state index in [0.717, 1.165) is 38.8 Å². The SMILES string of the molecule is COc1cnc(N2CCC(N(C)S(=O)(=O)C3CC3)CC2)nc1. The number of rotatable bonds is 5. The van der Waals surface area contributed by atoms with Gasteiger partial charge in [0.2, 0.25) is 16.0 Å². The van der Waals surface area contributed by atoms with Crippen LogP contribution in [0, 0.1) is 0 Å². The molecule has 1 aromatic rings. The fourth-order valence-corrected chi connectivity index (χ4v) is 4.64. The standard InChI is InChI=1S/C14H22N4O3S/c1-17(22(19,20)13-3-4-13)11-5-7-18(8-6-11)14-15-9-12(21-2)10-16-14/h9-11,13H,3-8H2,1-2H3. The Morgan fingerprint density at radius 2 is 1.77 bits per heavy atom. The van der Waals surface area contributed by atoms with Crippen molar-refractivity contribution in [1.29, 1.82) is 0 Å². The summed E-state index contributed by atoms with van der Waals surface area (Å²) in [6.07, 6.45) is 6.53. The van der Waals surface area contributed by atoms with Gasteiger partial charge >= 0.3 is 0 Å². The molecular weight excluding hydrogens is 304 g/mol. The van der Waals surface area contributed by atoms with Crippen LogP contribution in [-0.2, 0) is 10.0 Å². The highest BCUT2D eigenvalue weighted by atomic mass is 32.2. The van der Waals surface area contributed by atoms with Gasteiger partial charge in [-0.1, -0.05) is 0 Å². The summed E-state index contributed by atoms with van der Waals surface area (Å²) in [6, 6.07) is 0.0834. The highest BCUT2D eigenvalue weighted by Gasteiger charge is 2.41. The Bertz CT molecular complexity index is 607. The molecule has 7 nitrogen and oxygen atoms in total.